The van der Waals surface area contributed by atoms with Crippen LogP contribution in [-0.4, -0.2) is 12.6 Å². The molecule has 9 aromatic carbocycles. The first-order valence-corrected chi connectivity index (χ1v) is 21.7. The number of aromatic nitrogens is 1. The molecule has 1 aromatic heterocycles. The number of nitrogens with zero attached hydrogens (tertiary/aromatic N) is 1. The molecule has 0 fully saturated rings. The van der Waals surface area contributed by atoms with Gasteiger partial charge < -0.3 is 4.57 Å². The molecule has 0 aliphatic heterocycles. The van der Waals surface area contributed by atoms with E-state index in [-0.39, 0.29) is 65.7 Å². The van der Waals surface area contributed by atoms with E-state index in [0.29, 0.717) is 16.5 Å². The Labute approximate surface area is 352 Å². The Morgan fingerprint density at radius 3 is 1.69 bits per heavy atom. The highest BCUT2D eigenvalue weighted by molar-refractivity contribution is 7.20. The number of benzene rings is 9. The first-order chi connectivity index (χ1) is 32.5. The molecule has 2 bridgehead atoms. The second-order valence-corrected chi connectivity index (χ2v) is 19.0. The van der Waals surface area contributed by atoms with E-state index < -0.39 is 14.1 Å². The maximum Gasteiger partial charge on any atom is 0.179 e. The molecular formula is C56H39NSi. The monoisotopic (exact) mass is 762 g/mol. The van der Waals surface area contributed by atoms with Gasteiger partial charge in [0.2, 0.25) is 0 Å². The highest BCUT2D eigenvalue weighted by atomic mass is 28.3. The fourth-order valence-electron chi connectivity index (χ4n) is 10.4. The zero-order valence-electron chi connectivity index (χ0n) is 40.3. The van der Waals surface area contributed by atoms with Crippen molar-refractivity contribution in [2.75, 3.05) is 0 Å². The van der Waals surface area contributed by atoms with Gasteiger partial charge in [-0.25, -0.2) is 0 Å². The molecule has 2 atom stereocenters. The molecule has 0 amide bonds. The molecule has 0 radical (unpaired) electrons. The maximum absolute atomic E-state index is 9.40. The van der Waals surface area contributed by atoms with Crippen molar-refractivity contribution in [1.82, 2.24) is 4.57 Å². The van der Waals surface area contributed by atoms with Gasteiger partial charge in [0.15, 0.2) is 8.07 Å². The van der Waals surface area contributed by atoms with Crippen molar-refractivity contribution in [3.63, 3.8) is 0 Å². The van der Waals surface area contributed by atoms with Crippen molar-refractivity contribution in [2.24, 2.45) is 0 Å². The van der Waals surface area contributed by atoms with Crippen LogP contribution in [0.2, 0.25) is 0 Å². The average Bonchev–Trinajstić information content (AvgIpc) is 3.72. The maximum atomic E-state index is 9.40. The highest BCUT2D eigenvalue weighted by Gasteiger charge is 2.50. The van der Waals surface area contributed by atoms with Crippen molar-refractivity contribution >= 4 is 50.6 Å². The van der Waals surface area contributed by atoms with Gasteiger partial charge in [0.05, 0.1) is 29.1 Å². The van der Waals surface area contributed by atoms with E-state index in [1.165, 1.54) is 27.4 Å². The summed E-state index contributed by atoms with van der Waals surface area (Å²) in [6.45, 7) is 0. The summed E-state index contributed by atoms with van der Waals surface area (Å²) in [5, 5.41) is 5.84. The van der Waals surface area contributed by atoms with Crippen LogP contribution in [-0.2, 0) is 0 Å². The molecular weight excluding hydrogens is 715 g/mol. The van der Waals surface area contributed by atoms with Gasteiger partial charge in [0.1, 0.15) is 0 Å². The standard InChI is InChI=1S/C56H39NSi/c1-4-18-38(19-5-1)39-34-36-42(37-35-39)58(40-20-6-2-7-21-40,41-22-8-3-9-23-41)52-33-17-29-48-53-45-26-10-11-27-46(45)56(55(48)52)54-47(53)28-16-32-51(54)57-49-30-14-12-24-43(49)44-25-13-15-31-50(44)57/h1-37,53,56H/i1D,4D,5D,12D,14D,18D,19D,24D,30D. The number of hydrogen-bond donors (Lipinski definition) is 0. The van der Waals surface area contributed by atoms with Gasteiger partial charge in [-0.3, -0.25) is 0 Å². The minimum Gasteiger partial charge on any atom is -0.309 e. The quantitative estimate of drug-likeness (QED) is 0.117. The zero-order chi connectivity index (χ0) is 46.0. The first kappa shape index (κ1) is 25.3. The molecule has 2 unspecified atom stereocenters. The lowest BCUT2D eigenvalue weighted by molar-refractivity contribution is 0.752. The molecule has 0 saturated carbocycles. The summed E-state index contributed by atoms with van der Waals surface area (Å²) in [7, 11) is -3.35. The number of hydrogen-bond acceptors (Lipinski definition) is 0. The molecule has 2 heteroatoms. The molecule has 0 N–H and O–H groups in total. The molecule has 3 aliphatic rings. The zero-order valence-corrected chi connectivity index (χ0v) is 32.3. The Hall–Kier alpha value is -7.00. The summed E-state index contributed by atoms with van der Waals surface area (Å²) in [6.07, 6.45) is 0. The third-order valence-electron chi connectivity index (χ3n) is 12.5. The van der Waals surface area contributed by atoms with Gasteiger partial charge in [-0.05, 0) is 83.4 Å². The van der Waals surface area contributed by atoms with Crippen LogP contribution in [0.1, 0.15) is 57.6 Å². The summed E-state index contributed by atoms with van der Waals surface area (Å²) in [5.41, 5.74) is 9.93. The lowest BCUT2D eigenvalue weighted by Gasteiger charge is -2.47. The largest absolute Gasteiger partial charge is 0.309 e. The van der Waals surface area contributed by atoms with Crippen LogP contribution in [0.15, 0.2) is 224 Å². The molecule has 272 valence electrons. The predicted molar refractivity (Wildman–Crippen MR) is 245 cm³/mol. The van der Waals surface area contributed by atoms with Gasteiger partial charge >= 0.3 is 0 Å². The van der Waals surface area contributed by atoms with Crippen molar-refractivity contribution in [1.29, 1.82) is 0 Å². The SMILES string of the molecule is [2H]c1c([2H])c([2H])c(-c2ccc([Si](c3ccccc3)(c3ccccc3)c3cccc4c3C3c5ccccc5C4c4cccc(-n5c6ccccc6c6c([2H])c([2H])c([2H])c([2H])c65)c43)cc2)c([2H])c1[2H]. The Balaban J connectivity index is 1.18. The second kappa shape index (κ2) is 13.0. The van der Waals surface area contributed by atoms with Gasteiger partial charge in [-0.1, -0.05) is 206 Å². The van der Waals surface area contributed by atoms with E-state index in [4.69, 9.17) is 11.0 Å². The van der Waals surface area contributed by atoms with Gasteiger partial charge in [-0.15, -0.1) is 0 Å². The van der Waals surface area contributed by atoms with E-state index in [0.717, 1.165) is 43.3 Å². The average molecular weight is 763 g/mol. The van der Waals surface area contributed by atoms with Crippen molar-refractivity contribution < 1.29 is 12.3 Å². The molecule has 13 rings (SSSR count). The third-order valence-corrected chi connectivity index (χ3v) is 17.4. The Bertz CT molecular complexity index is 3630. The topological polar surface area (TPSA) is 4.93 Å². The fraction of sp³-hybridized carbons (Fsp3) is 0.0357. The van der Waals surface area contributed by atoms with Gasteiger partial charge in [0, 0.05) is 22.6 Å². The smallest absolute Gasteiger partial charge is 0.179 e. The molecule has 1 heterocycles. The van der Waals surface area contributed by atoms with Crippen molar-refractivity contribution in [3.05, 3.63) is 258 Å². The highest BCUT2D eigenvalue weighted by Crippen LogP contribution is 2.57. The van der Waals surface area contributed by atoms with Crippen LogP contribution >= 0.6 is 0 Å². The van der Waals surface area contributed by atoms with Gasteiger partial charge in [-0.2, -0.15) is 0 Å². The van der Waals surface area contributed by atoms with E-state index in [2.05, 4.69) is 126 Å². The van der Waals surface area contributed by atoms with E-state index in [1.54, 1.807) is 0 Å². The lowest BCUT2D eigenvalue weighted by atomic mass is 9.60. The fourth-order valence-corrected chi connectivity index (χ4v) is 15.4. The van der Waals surface area contributed by atoms with E-state index in [1.807, 2.05) is 48.5 Å². The van der Waals surface area contributed by atoms with Crippen LogP contribution in [0.25, 0.3) is 38.6 Å². The molecule has 0 saturated heterocycles. The van der Waals surface area contributed by atoms with Crippen LogP contribution < -0.4 is 20.7 Å². The summed E-state index contributed by atoms with van der Waals surface area (Å²) in [6, 6.07) is 56.7. The molecule has 58 heavy (non-hydrogen) atoms. The number of para-hydroxylation sites is 2. The van der Waals surface area contributed by atoms with E-state index >= 15 is 0 Å². The lowest BCUT2D eigenvalue weighted by Crippen LogP contribution is -2.75. The van der Waals surface area contributed by atoms with Crippen LogP contribution in [0, 0.1) is 0 Å². The Kier molecular flexibility index (Phi) is 5.68. The third kappa shape index (κ3) is 4.64. The van der Waals surface area contributed by atoms with Crippen molar-refractivity contribution in [3.8, 4) is 16.8 Å². The molecule has 1 nitrogen and oxygen atoms in total. The van der Waals surface area contributed by atoms with Gasteiger partial charge in [0.25, 0.3) is 0 Å². The summed E-state index contributed by atoms with van der Waals surface area (Å²) in [4.78, 5) is 0. The normalized spacial score (nSPS) is 17.4. The molecule has 10 aromatic rings. The number of rotatable bonds is 6. The van der Waals surface area contributed by atoms with Crippen LogP contribution in [0.4, 0.5) is 0 Å². The Morgan fingerprint density at radius 2 is 0.948 bits per heavy atom. The van der Waals surface area contributed by atoms with Crippen LogP contribution in [0.5, 0.6) is 0 Å². The molecule has 3 aliphatic carbocycles. The summed E-state index contributed by atoms with van der Waals surface area (Å²) in [5.74, 6) is -0.423. The minimum atomic E-state index is -3.35. The van der Waals surface area contributed by atoms with E-state index in [9.17, 15) is 1.37 Å². The van der Waals surface area contributed by atoms with Crippen molar-refractivity contribution in [2.45, 2.75) is 11.8 Å². The Morgan fingerprint density at radius 1 is 0.379 bits per heavy atom. The minimum absolute atomic E-state index is 0.0608. The first-order valence-electron chi connectivity index (χ1n) is 24.2. The summed E-state index contributed by atoms with van der Waals surface area (Å²) >= 11 is 0. The molecule has 0 spiro atoms. The summed E-state index contributed by atoms with van der Waals surface area (Å²) < 4.78 is 80.9. The second-order valence-electron chi connectivity index (χ2n) is 15.2. The predicted octanol–water partition coefficient (Wildman–Crippen LogP) is 10.8. The number of fused-ring (bicyclic) bond motifs is 3. The van der Waals surface area contributed by atoms with Crippen LogP contribution in [0.3, 0.4) is 0 Å².